The molecule has 0 aliphatic heterocycles. The van der Waals surface area contributed by atoms with Crippen LogP contribution in [0.1, 0.15) is 34.3 Å². The van der Waals surface area contributed by atoms with Crippen LogP contribution in [-0.2, 0) is 16.6 Å². The minimum absolute atomic E-state index is 0.0858. The van der Waals surface area contributed by atoms with Gasteiger partial charge in [0.15, 0.2) is 0 Å². The Bertz CT molecular complexity index is 1160. The summed E-state index contributed by atoms with van der Waals surface area (Å²) >= 11 is 12.1. The molecule has 168 valence electrons. The zero-order chi connectivity index (χ0) is 23.3. The number of anilines is 1. The third-order valence-electron chi connectivity index (χ3n) is 5.02. The van der Waals surface area contributed by atoms with E-state index in [9.17, 15) is 13.2 Å². The Morgan fingerprint density at radius 3 is 2.12 bits per heavy atom. The maximum absolute atomic E-state index is 12.5. The molecule has 0 spiro atoms. The Balaban J connectivity index is 1.69. The number of nitrogens with zero attached hydrogens (tertiary/aromatic N) is 1. The molecule has 0 radical (unpaired) electrons. The smallest absolute Gasteiger partial charge is 0.251 e. The lowest BCUT2D eigenvalue weighted by atomic mass is 10.0. The van der Waals surface area contributed by atoms with Gasteiger partial charge in [-0.15, -0.1) is 0 Å². The second-order valence-corrected chi connectivity index (χ2v) is 10.4. The van der Waals surface area contributed by atoms with Gasteiger partial charge in [-0.25, -0.2) is 8.42 Å². The number of carbonyl (C=O) groups excluding carboxylic acids is 1. The number of hydrogen-bond donors (Lipinski definition) is 1. The molecule has 3 aromatic rings. The molecule has 5 nitrogen and oxygen atoms in total. The van der Waals surface area contributed by atoms with Crippen LogP contribution in [0.2, 0.25) is 10.0 Å². The normalized spacial score (nSPS) is 12.2. The number of amides is 1. The van der Waals surface area contributed by atoms with Gasteiger partial charge in [-0.1, -0.05) is 72.6 Å². The van der Waals surface area contributed by atoms with Crippen molar-refractivity contribution in [3.8, 4) is 0 Å². The topological polar surface area (TPSA) is 66.5 Å². The molecule has 0 heterocycles. The molecule has 0 fully saturated rings. The van der Waals surface area contributed by atoms with E-state index in [0.717, 1.165) is 17.4 Å². The first-order chi connectivity index (χ1) is 15.1. The van der Waals surface area contributed by atoms with Crippen LogP contribution in [0.25, 0.3) is 0 Å². The number of rotatable bonds is 8. The van der Waals surface area contributed by atoms with Gasteiger partial charge in [0, 0.05) is 22.2 Å². The summed E-state index contributed by atoms with van der Waals surface area (Å²) in [7, 11) is -3.58. The molecular formula is C24H24Cl2N2O3S. The molecular weight excluding hydrogens is 467 g/mol. The van der Waals surface area contributed by atoms with Crippen molar-refractivity contribution in [2.24, 2.45) is 0 Å². The molecule has 8 heteroatoms. The van der Waals surface area contributed by atoms with Crippen molar-refractivity contribution >= 4 is 44.8 Å². The van der Waals surface area contributed by atoms with Crippen LogP contribution in [0.15, 0.2) is 72.8 Å². The van der Waals surface area contributed by atoms with Crippen molar-refractivity contribution in [1.29, 1.82) is 0 Å². The monoisotopic (exact) mass is 490 g/mol. The number of halogens is 2. The van der Waals surface area contributed by atoms with Crippen LogP contribution < -0.4 is 9.62 Å². The molecule has 3 rings (SSSR count). The number of hydrogen-bond acceptors (Lipinski definition) is 3. The highest BCUT2D eigenvalue weighted by atomic mass is 35.5. The molecule has 3 aromatic carbocycles. The van der Waals surface area contributed by atoms with Gasteiger partial charge in [0.1, 0.15) is 0 Å². The maximum atomic E-state index is 12.5. The first-order valence-electron chi connectivity index (χ1n) is 9.99. The molecule has 1 amide bonds. The lowest BCUT2D eigenvalue weighted by Gasteiger charge is -2.23. The first kappa shape index (κ1) is 24.1. The Hall–Kier alpha value is -2.54. The predicted octanol–water partition coefficient (Wildman–Crippen LogP) is 5.49. The molecule has 0 saturated carbocycles. The summed E-state index contributed by atoms with van der Waals surface area (Å²) in [4.78, 5) is 12.5. The van der Waals surface area contributed by atoms with Gasteiger partial charge in [0.2, 0.25) is 10.0 Å². The fourth-order valence-electron chi connectivity index (χ4n) is 3.26. The van der Waals surface area contributed by atoms with Crippen LogP contribution in [0.3, 0.4) is 0 Å². The van der Waals surface area contributed by atoms with E-state index in [0.29, 0.717) is 27.8 Å². The number of carbonyl (C=O) groups is 1. The highest BCUT2D eigenvalue weighted by molar-refractivity contribution is 7.92. The fraction of sp³-hybridized carbons (Fsp3) is 0.208. The van der Waals surface area contributed by atoms with Crippen molar-refractivity contribution in [2.45, 2.75) is 19.4 Å². The second kappa shape index (κ2) is 10.4. The summed E-state index contributed by atoms with van der Waals surface area (Å²) in [5.74, 6) is 0.00758. The maximum Gasteiger partial charge on any atom is 0.251 e. The molecule has 0 saturated heterocycles. The van der Waals surface area contributed by atoms with Gasteiger partial charge in [0.05, 0.1) is 18.5 Å². The minimum Gasteiger partial charge on any atom is -0.351 e. The zero-order valence-electron chi connectivity index (χ0n) is 17.8. The van der Waals surface area contributed by atoms with E-state index < -0.39 is 10.0 Å². The molecule has 1 atom stereocenters. The molecule has 0 aliphatic carbocycles. The first-order valence-corrected chi connectivity index (χ1v) is 12.6. The van der Waals surface area contributed by atoms with Crippen LogP contribution in [0.4, 0.5) is 5.69 Å². The Morgan fingerprint density at radius 1 is 0.969 bits per heavy atom. The standard InChI is InChI=1S/C24H24Cl2N2O3S/c1-17(19-6-4-3-5-7-19)15-27-24(29)20-10-8-18(9-11-20)16-28(32(2,30)31)23-13-21(25)12-22(26)14-23/h3-14,17H,15-16H2,1-2H3,(H,27,29). The van der Waals surface area contributed by atoms with Crippen LogP contribution >= 0.6 is 23.2 Å². The van der Waals surface area contributed by atoms with Gasteiger partial charge in [-0.05, 0) is 47.4 Å². The lowest BCUT2D eigenvalue weighted by Crippen LogP contribution is -2.29. The van der Waals surface area contributed by atoms with E-state index in [1.165, 1.54) is 4.31 Å². The largest absolute Gasteiger partial charge is 0.351 e. The summed E-state index contributed by atoms with van der Waals surface area (Å²) in [5.41, 5.74) is 2.76. The highest BCUT2D eigenvalue weighted by Gasteiger charge is 2.19. The summed E-state index contributed by atoms with van der Waals surface area (Å²) in [6.07, 6.45) is 1.12. The number of benzene rings is 3. The Morgan fingerprint density at radius 2 is 1.56 bits per heavy atom. The fourth-order valence-corrected chi connectivity index (χ4v) is 4.64. The van der Waals surface area contributed by atoms with Gasteiger partial charge >= 0.3 is 0 Å². The molecule has 0 aliphatic rings. The Labute approximate surface area is 199 Å². The van der Waals surface area contributed by atoms with E-state index in [2.05, 4.69) is 12.2 Å². The second-order valence-electron chi connectivity index (χ2n) is 7.62. The average molecular weight is 491 g/mol. The summed E-state index contributed by atoms with van der Waals surface area (Å²) < 4.78 is 26.0. The summed E-state index contributed by atoms with van der Waals surface area (Å²) in [6.45, 7) is 2.66. The number of nitrogens with one attached hydrogen (secondary N) is 1. The molecule has 0 aromatic heterocycles. The number of sulfonamides is 1. The van der Waals surface area contributed by atoms with Crippen LogP contribution in [-0.4, -0.2) is 27.1 Å². The lowest BCUT2D eigenvalue weighted by molar-refractivity contribution is 0.0951. The van der Waals surface area contributed by atoms with E-state index in [1.54, 1.807) is 42.5 Å². The van der Waals surface area contributed by atoms with Crippen LogP contribution in [0.5, 0.6) is 0 Å². The van der Waals surface area contributed by atoms with E-state index in [1.807, 2.05) is 30.3 Å². The van der Waals surface area contributed by atoms with Gasteiger partial charge in [-0.2, -0.15) is 0 Å². The van der Waals surface area contributed by atoms with Crippen molar-refractivity contribution in [3.63, 3.8) is 0 Å². The van der Waals surface area contributed by atoms with Crippen molar-refractivity contribution in [3.05, 3.63) is 99.5 Å². The van der Waals surface area contributed by atoms with E-state index >= 15 is 0 Å². The molecule has 1 unspecified atom stereocenters. The van der Waals surface area contributed by atoms with E-state index in [4.69, 9.17) is 23.2 Å². The predicted molar refractivity (Wildman–Crippen MR) is 131 cm³/mol. The van der Waals surface area contributed by atoms with Crippen molar-refractivity contribution in [1.82, 2.24) is 5.32 Å². The SMILES string of the molecule is CC(CNC(=O)c1ccc(CN(c2cc(Cl)cc(Cl)c2)S(C)(=O)=O)cc1)c1ccccc1. The Kier molecular flexibility index (Phi) is 7.82. The van der Waals surface area contributed by atoms with E-state index in [-0.39, 0.29) is 18.4 Å². The van der Waals surface area contributed by atoms with Crippen molar-refractivity contribution < 1.29 is 13.2 Å². The van der Waals surface area contributed by atoms with Crippen LogP contribution in [0, 0.1) is 0 Å². The third kappa shape index (κ3) is 6.48. The highest BCUT2D eigenvalue weighted by Crippen LogP contribution is 2.28. The minimum atomic E-state index is -3.58. The molecule has 32 heavy (non-hydrogen) atoms. The van der Waals surface area contributed by atoms with Gasteiger partial charge < -0.3 is 5.32 Å². The molecule has 0 bridgehead atoms. The molecule has 1 N–H and O–H groups in total. The van der Waals surface area contributed by atoms with Gasteiger partial charge in [0.25, 0.3) is 5.91 Å². The average Bonchev–Trinajstić information content (AvgIpc) is 2.75. The third-order valence-corrected chi connectivity index (χ3v) is 6.59. The zero-order valence-corrected chi connectivity index (χ0v) is 20.1. The summed E-state index contributed by atoms with van der Waals surface area (Å²) in [5, 5.41) is 3.64. The summed E-state index contributed by atoms with van der Waals surface area (Å²) in [6, 6.07) is 21.5. The quantitative estimate of drug-likeness (QED) is 0.453. The van der Waals surface area contributed by atoms with Gasteiger partial charge in [-0.3, -0.25) is 9.10 Å². The van der Waals surface area contributed by atoms with Crippen molar-refractivity contribution in [2.75, 3.05) is 17.1 Å².